The highest BCUT2D eigenvalue weighted by atomic mass is 16.5. The third kappa shape index (κ3) is 4.61. The summed E-state index contributed by atoms with van der Waals surface area (Å²) in [5, 5.41) is 12.8. The zero-order valence-corrected chi connectivity index (χ0v) is 13.7. The van der Waals surface area contributed by atoms with E-state index in [9.17, 15) is 9.59 Å². The van der Waals surface area contributed by atoms with Gasteiger partial charge in [0, 0.05) is 25.1 Å². The molecule has 8 heteroatoms. The maximum Gasteiger partial charge on any atom is 0.323 e. The van der Waals surface area contributed by atoms with Crippen LogP contribution in [0, 0.1) is 0 Å². The van der Waals surface area contributed by atoms with E-state index in [1.165, 1.54) is 4.90 Å². The quantitative estimate of drug-likeness (QED) is 0.784. The summed E-state index contributed by atoms with van der Waals surface area (Å²) >= 11 is 0. The average Bonchev–Trinajstić information content (AvgIpc) is 3.06. The van der Waals surface area contributed by atoms with Crippen molar-refractivity contribution in [2.45, 2.75) is 39.2 Å². The van der Waals surface area contributed by atoms with Crippen LogP contribution in [0.15, 0.2) is 28.9 Å². The zero-order valence-electron chi connectivity index (χ0n) is 13.7. The fraction of sp³-hybridized carbons (Fsp3) is 0.438. The van der Waals surface area contributed by atoms with Crippen LogP contribution < -0.4 is 0 Å². The van der Waals surface area contributed by atoms with E-state index in [2.05, 4.69) is 15.1 Å². The first-order valence-electron chi connectivity index (χ1n) is 7.76. The number of hydrogen-bond donors (Lipinski definition) is 1. The summed E-state index contributed by atoms with van der Waals surface area (Å²) in [5.74, 6) is -0.589. The maximum absolute atomic E-state index is 12.3. The van der Waals surface area contributed by atoms with Crippen molar-refractivity contribution >= 4 is 11.9 Å². The second-order valence-corrected chi connectivity index (χ2v) is 5.40. The van der Waals surface area contributed by atoms with Crippen LogP contribution in [-0.4, -0.2) is 49.6 Å². The summed E-state index contributed by atoms with van der Waals surface area (Å²) in [5.41, 5.74) is 0.589. The number of aromatic nitrogens is 3. The van der Waals surface area contributed by atoms with E-state index in [4.69, 9.17) is 9.63 Å². The number of nitrogens with zero attached hydrogens (tertiary/aromatic N) is 4. The first kappa shape index (κ1) is 17.6. The van der Waals surface area contributed by atoms with Crippen LogP contribution in [0.3, 0.4) is 0 Å². The van der Waals surface area contributed by atoms with E-state index in [0.29, 0.717) is 23.8 Å². The molecule has 1 unspecified atom stereocenters. The first-order chi connectivity index (χ1) is 11.5. The molecule has 0 aromatic carbocycles. The predicted molar refractivity (Wildman–Crippen MR) is 85.0 cm³/mol. The summed E-state index contributed by atoms with van der Waals surface area (Å²) in [7, 11) is 0. The van der Waals surface area contributed by atoms with Crippen molar-refractivity contribution in [3.8, 4) is 11.5 Å². The molecule has 24 heavy (non-hydrogen) atoms. The van der Waals surface area contributed by atoms with Crippen molar-refractivity contribution in [2.75, 3.05) is 6.54 Å². The topological polar surface area (TPSA) is 109 Å². The summed E-state index contributed by atoms with van der Waals surface area (Å²) in [6, 6.07) is 5.23. The van der Waals surface area contributed by atoms with Crippen LogP contribution in [0.1, 0.15) is 32.6 Å². The summed E-state index contributed by atoms with van der Waals surface area (Å²) in [6.07, 6.45) is 2.68. The normalized spacial score (nSPS) is 11.9. The first-order valence-corrected chi connectivity index (χ1v) is 7.76. The highest BCUT2D eigenvalue weighted by Crippen LogP contribution is 2.14. The Bertz CT molecular complexity index is 686. The lowest BCUT2D eigenvalue weighted by Crippen LogP contribution is -2.41. The molecule has 0 aliphatic heterocycles. The van der Waals surface area contributed by atoms with Gasteiger partial charge in [0.05, 0.1) is 0 Å². The van der Waals surface area contributed by atoms with Crippen LogP contribution in [0.4, 0.5) is 0 Å². The number of aliphatic carboxylic acids is 1. The number of carbonyl (C=O) groups is 2. The number of hydrogen-bond acceptors (Lipinski definition) is 6. The molecular formula is C16H20N4O4. The Hall–Kier alpha value is -2.77. The van der Waals surface area contributed by atoms with Gasteiger partial charge < -0.3 is 14.5 Å². The number of carboxylic acids is 1. The Morgan fingerprint density at radius 1 is 1.38 bits per heavy atom. The molecule has 0 bridgehead atoms. The van der Waals surface area contributed by atoms with Crippen LogP contribution in [0.25, 0.3) is 11.5 Å². The van der Waals surface area contributed by atoms with Crippen molar-refractivity contribution in [3.05, 3.63) is 30.3 Å². The third-order valence-corrected chi connectivity index (χ3v) is 3.66. The molecule has 0 saturated carbocycles. The van der Waals surface area contributed by atoms with E-state index in [1.54, 1.807) is 18.3 Å². The van der Waals surface area contributed by atoms with Gasteiger partial charge in [-0.25, -0.2) is 0 Å². The van der Waals surface area contributed by atoms with Gasteiger partial charge >= 0.3 is 5.97 Å². The molecule has 2 aromatic rings. The second-order valence-electron chi connectivity index (χ2n) is 5.40. The maximum atomic E-state index is 12.3. The number of amides is 1. The fourth-order valence-electron chi connectivity index (χ4n) is 2.17. The van der Waals surface area contributed by atoms with Gasteiger partial charge in [0.15, 0.2) is 0 Å². The SMILES string of the molecule is CCC(C)N(CC(=O)O)C(=O)CCc1nc(-c2ccccn2)no1. The molecule has 1 N–H and O–H groups in total. The van der Waals surface area contributed by atoms with E-state index < -0.39 is 5.97 Å². The number of pyridine rings is 1. The van der Waals surface area contributed by atoms with Gasteiger partial charge in [-0.2, -0.15) is 4.98 Å². The van der Waals surface area contributed by atoms with Crippen molar-refractivity contribution in [1.82, 2.24) is 20.0 Å². The smallest absolute Gasteiger partial charge is 0.323 e. The van der Waals surface area contributed by atoms with Crippen molar-refractivity contribution < 1.29 is 19.2 Å². The van der Waals surface area contributed by atoms with Crippen LogP contribution in [0.2, 0.25) is 0 Å². The van der Waals surface area contributed by atoms with Crippen LogP contribution >= 0.6 is 0 Å². The Morgan fingerprint density at radius 3 is 2.79 bits per heavy atom. The monoisotopic (exact) mass is 332 g/mol. The lowest BCUT2D eigenvalue weighted by atomic mass is 10.2. The summed E-state index contributed by atoms with van der Waals surface area (Å²) in [6.45, 7) is 3.42. The summed E-state index contributed by atoms with van der Waals surface area (Å²) in [4.78, 5) is 32.9. The average molecular weight is 332 g/mol. The second kappa shape index (κ2) is 8.19. The van der Waals surface area contributed by atoms with Crippen LogP contribution in [0.5, 0.6) is 0 Å². The van der Waals surface area contributed by atoms with Crippen LogP contribution in [-0.2, 0) is 16.0 Å². The Labute approximate surface area is 139 Å². The minimum absolute atomic E-state index is 0.113. The molecule has 1 amide bonds. The van der Waals surface area contributed by atoms with Crippen molar-refractivity contribution in [3.63, 3.8) is 0 Å². The molecule has 0 saturated heterocycles. The fourth-order valence-corrected chi connectivity index (χ4v) is 2.17. The van der Waals surface area contributed by atoms with Gasteiger partial charge in [0.1, 0.15) is 12.2 Å². The molecular weight excluding hydrogens is 312 g/mol. The van der Waals surface area contributed by atoms with Crippen molar-refractivity contribution in [1.29, 1.82) is 0 Å². The minimum Gasteiger partial charge on any atom is -0.480 e. The van der Waals surface area contributed by atoms with Gasteiger partial charge in [0.2, 0.25) is 17.6 Å². The molecule has 2 heterocycles. The number of carboxylic acid groups (broad SMARTS) is 1. The van der Waals surface area contributed by atoms with Crippen molar-refractivity contribution in [2.24, 2.45) is 0 Å². The van der Waals surface area contributed by atoms with E-state index in [1.807, 2.05) is 19.9 Å². The highest BCUT2D eigenvalue weighted by molar-refractivity contribution is 5.81. The molecule has 0 fully saturated rings. The lowest BCUT2D eigenvalue weighted by molar-refractivity contribution is -0.146. The van der Waals surface area contributed by atoms with Gasteiger partial charge in [-0.1, -0.05) is 18.1 Å². The highest BCUT2D eigenvalue weighted by Gasteiger charge is 2.22. The molecule has 0 aliphatic carbocycles. The number of aryl methyl sites for hydroxylation is 1. The van der Waals surface area contributed by atoms with E-state index >= 15 is 0 Å². The molecule has 128 valence electrons. The Balaban J connectivity index is 1.98. The molecule has 0 spiro atoms. The number of rotatable bonds is 8. The third-order valence-electron chi connectivity index (χ3n) is 3.66. The van der Waals surface area contributed by atoms with Gasteiger partial charge in [-0.3, -0.25) is 14.6 Å². The standard InChI is InChI=1S/C16H20N4O4/c1-3-11(2)20(10-15(22)23)14(21)8-7-13-18-16(19-24-13)12-6-4-5-9-17-12/h4-6,9,11H,3,7-8,10H2,1-2H3,(H,22,23). The number of carbonyl (C=O) groups excluding carboxylic acids is 1. The van der Waals surface area contributed by atoms with E-state index in [-0.39, 0.29) is 31.3 Å². The summed E-state index contributed by atoms with van der Waals surface area (Å²) < 4.78 is 5.13. The molecule has 0 radical (unpaired) electrons. The van der Waals surface area contributed by atoms with Gasteiger partial charge in [0.25, 0.3) is 0 Å². The van der Waals surface area contributed by atoms with Gasteiger partial charge in [-0.15, -0.1) is 0 Å². The van der Waals surface area contributed by atoms with Gasteiger partial charge in [-0.05, 0) is 25.5 Å². The molecule has 2 rings (SSSR count). The van der Waals surface area contributed by atoms with E-state index in [0.717, 1.165) is 0 Å². The molecule has 8 nitrogen and oxygen atoms in total. The minimum atomic E-state index is -1.03. The Kier molecular flexibility index (Phi) is 6.00. The predicted octanol–water partition coefficient (Wildman–Crippen LogP) is 1.78. The molecule has 0 aliphatic rings. The Morgan fingerprint density at radius 2 is 2.17 bits per heavy atom. The largest absolute Gasteiger partial charge is 0.480 e. The lowest BCUT2D eigenvalue weighted by Gasteiger charge is -2.26. The zero-order chi connectivity index (χ0) is 17.5. The molecule has 1 atom stereocenters. The molecule has 2 aromatic heterocycles.